The predicted molar refractivity (Wildman–Crippen MR) is 99.4 cm³/mol. The van der Waals surface area contributed by atoms with Crippen LogP contribution in [0.1, 0.15) is 12.5 Å². The fourth-order valence-corrected chi connectivity index (χ4v) is 2.94. The van der Waals surface area contributed by atoms with Crippen LogP contribution in [-0.4, -0.2) is 48.1 Å². The third kappa shape index (κ3) is 3.39. The average molecular weight is 367 g/mol. The number of thiocarbonyl (C=S) groups is 1. The maximum absolute atomic E-state index is 12.4. The maximum atomic E-state index is 12.4. The van der Waals surface area contributed by atoms with Gasteiger partial charge >= 0.3 is 0 Å². The SMILES string of the molecule is C=CCOc1c(Cl)cc(C=C2C(=O)N(CC)C(=S)N2C)cc1OC. The Labute approximate surface area is 152 Å². The molecule has 0 N–H and O–H groups in total. The van der Waals surface area contributed by atoms with E-state index in [1.54, 1.807) is 41.1 Å². The molecule has 1 aliphatic heterocycles. The van der Waals surface area contributed by atoms with Gasteiger partial charge in [-0.05, 0) is 42.9 Å². The number of rotatable bonds is 6. The highest BCUT2D eigenvalue weighted by atomic mass is 35.5. The van der Waals surface area contributed by atoms with Crippen LogP contribution >= 0.6 is 23.8 Å². The Balaban J connectivity index is 2.43. The van der Waals surface area contributed by atoms with Gasteiger partial charge in [0.2, 0.25) is 0 Å². The van der Waals surface area contributed by atoms with Gasteiger partial charge in [0, 0.05) is 13.6 Å². The van der Waals surface area contributed by atoms with E-state index in [2.05, 4.69) is 6.58 Å². The standard InChI is InChI=1S/C17H19ClN2O3S/c1-5-7-23-15-12(18)8-11(10-14(15)22-4)9-13-16(21)20(6-2)17(24)19(13)3/h5,8-10H,1,6-7H2,2-4H3. The first kappa shape index (κ1) is 18.3. The van der Waals surface area contributed by atoms with Gasteiger partial charge in [-0.2, -0.15) is 0 Å². The van der Waals surface area contributed by atoms with Crippen LogP contribution in [0.2, 0.25) is 5.02 Å². The number of nitrogens with zero attached hydrogens (tertiary/aromatic N) is 2. The zero-order valence-electron chi connectivity index (χ0n) is 13.8. The third-order valence-electron chi connectivity index (χ3n) is 3.56. The molecule has 1 saturated heterocycles. The molecule has 0 spiro atoms. The molecule has 128 valence electrons. The van der Waals surface area contributed by atoms with E-state index in [0.717, 1.165) is 5.56 Å². The molecule has 0 unspecified atom stereocenters. The molecule has 24 heavy (non-hydrogen) atoms. The number of hydrogen-bond donors (Lipinski definition) is 0. The highest BCUT2D eigenvalue weighted by Gasteiger charge is 2.34. The summed E-state index contributed by atoms with van der Waals surface area (Å²) in [5.74, 6) is 0.796. The lowest BCUT2D eigenvalue weighted by Gasteiger charge is -2.14. The smallest absolute Gasteiger partial charge is 0.276 e. The first-order valence-corrected chi connectivity index (χ1v) is 8.15. The van der Waals surface area contributed by atoms with Gasteiger partial charge in [-0.1, -0.05) is 24.3 Å². The average Bonchev–Trinajstić information content (AvgIpc) is 2.76. The normalized spacial score (nSPS) is 16.1. The number of hydrogen-bond acceptors (Lipinski definition) is 4. The van der Waals surface area contributed by atoms with Crippen molar-refractivity contribution >= 4 is 40.9 Å². The molecule has 1 aromatic carbocycles. The van der Waals surface area contributed by atoms with Crippen LogP contribution in [0.3, 0.4) is 0 Å². The van der Waals surface area contributed by atoms with Crippen molar-refractivity contribution in [3.63, 3.8) is 0 Å². The number of halogens is 1. The molecule has 1 fully saturated rings. The maximum Gasteiger partial charge on any atom is 0.276 e. The van der Waals surface area contributed by atoms with Crippen LogP contribution in [0.15, 0.2) is 30.5 Å². The van der Waals surface area contributed by atoms with Crippen molar-refractivity contribution in [3.8, 4) is 11.5 Å². The molecule has 1 amide bonds. The topological polar surface area (TPSA) is 42.0 Å². The summed E-state index contributed by atoms with van der Waals surface area (Å²) < 4.78 is 10.9. The molecule has 7 heteroatoms. The van der Waals surface area contributed by atoms with Crippen LogP contribution < -0.4 is 9.47 Å². The quantitative estimate of drug-likeness (QED) is 0.439. The van der Waals surface area contributed by atoms with E-state index in [-0.39, 0.29) is 5.91 Å². The van der Waals surface area contributed by atoms with Gasteiger partial charge in [-0.15, -0.1) is 0 Å². The minimum atomic E-state index is -0.132. The Bertz CT molecular complexity index is 718. The number of methoxy groups -OCH3 is 1. The highest BCUT2D eigenvalue weighted by Crippen LogP contribution is 2.37. The number of benzene rings is 1. The number of likely N-dealkylation sites (N-methyl/N-ethyl adjacent to an activating group) is 2. The summed E-state index contributed by atoms with van der Waals surface area (Å²) in [5, 5.41) is 0.879. The lowest BCUT2D eigenvalue weighted by Crippen LogP contribution is -2.30. The second-order valence-electron chi connectivity index (χ2n) is 5.05. The first-order chi connectivity index (χ1) is 11.4. The van der Waals surface area contributed by atoms with Crippen LogP contribution in [-0.2, 0) is 4.79 Å². The molecule has 5 nitrogen and oxygen atoms in total. The molecular formula is C17H19ClN2O3S. The van der Waals surface area contributed by atoms with Crippen molar-refractivity contribution in [2.24, 2.45) is 0 Å². The zero-order chi connectivity index (χ0) is 17.9. The van der Waals surface area contributed by atoms with E-state index in [1.807, 2.05) is 6.92 Å². The van der Waals surface area contributed by atoms with Crippen LogP contribution in [0.4, 0.5) is 0 Å². The summed E-state index contributed by atoms with van der Waals surface area (Å²) >= 11 is 11.6. The monoisotopic (exact) mass is 366 g/mol. The Hall–Kier alpha value is -2.05. The summed E-state index contributed by atoms with van der Waals surface area (Å²) in [6.07, 6.45) is 3.36. The summed E-state index contributed by atoms with van der Waals surface area (Å²) in [5.41, 5.74) is 1.21. The van der Waals surface area contributed by atoms with Crippen molar-refractivity contribution in [3.05, 3.63) is 41.1 Å². The van der Waals surface area contributed by atoms with Gasteiger partial charge in [0.05, 0.1) is 12.1 Å². The number of carbonyl (C=O) groups excluding carboxylic acids is 1. The number of ether oxygens (including phenoxy) is 2. The second kappa shape index (κ2) is 7.68. The van der Waals surface area contributed by atoms with E-state index in [9.17, 15) is 4.79 Å². The predicted octanol–water partition coefficient (Wildman–Crippen LogP) is 3.33. The van der Waals surface area contributed by atoms with Crippen molar-refractivity contribution in [2.75, 3.05) is 27.3 Å². The molecule has 0 saturated carbocycles. The summed E-state index contributed by atoms with van der Waals surface area (Å²) in [4.78, 5) is 15.7. The van der Waals surface area contributed by atoms with Gasteiger partial charge in [-0.25, -0.2) is 0 Å². The number of amides is 1. The zero-order valence-corrected chi connectivity index (χ0v) is 15.4. The van der Waals surface area contributed by atoms with E-state index in [1.165, 1.54) is 7.11 Å². The van der Waals surface area contributed by atoms with Crippen molar-refractivity contribution in [1.82, 2.24) is 9.80 Å². The van der Waals surface area contributed by atoms with E-state index in [4.69, 9.17) is 33.3 Å². The largest absolute Gasteiger partial charge is 0.493 e. The van der Waals surface area contributed by atoms with Gasteiger partial charge in [-0.3, -0.25) is 9.69 Å². The molecule has 2 rings (SSSR count). The highest BCUT2D eigenvalue weighted by molar-refractivity contribution is 7.80. The van der Waals surface area contributed by atoms with E-state index >= 15 is 0 Å². The summed E-state index contributed by atoms with van der Waals surface area (Å²) in [7, 11) is 3.30. The van der Waals surface area contributed by atoms with Gasteiger partial charge < -0.3 is 14.4 Å². The minimum absolute atomic E-state index is 0.132. The molecule has 0 bridgehead atoms. The van der Waals surface area contributed by atoms with E-state index < -0.39 is 0 Å². The van der Waals surface area contributed by atoms with E-state index in [0.29, 0.717) is 40.5 Å². The molecule has 0 aromatic heterocycles. The lowest BCUT2D eigenvalue weighted by atomic mass is 10.1. The Morgan fingerprint density at radius 1 is 1.42 bits per heavy atom. The second-order valence-corrected chi connectivity index (χ2v) is 5.83. The fourth-order valence-electron chi connectivity index (χ4n) is 2.35. The van der Waals surface area contributed by atoms with Gasteiger partial charge in [0.15, 0.2) is 16.6 Å². The van der Waals surface area contributed by atoms with Gasteiger partial charge in [0.25, 0.3) is 5.91 Å². The molecule has 1 aromatic rings. The molecule has 0 radical (unpaired) electrons. The van der Waals surface area contributed by atoms with Crippen LogP contribution in [0.25, 0.3) is 6.08 Å². The Morgan fingerprint density at radius 2 is 2.12 bits per heavy atom. The molecule has 0 atom stereocenters. The third-order valence-corrected chi connectivity index (χ3v) is 4.34. The summed E-state index contributed by atoms with van der Waals surface area (Å²) in [6.45, 7) is 6.33. The minimum Gasteiger partial charge on any atom is -0.493 e. The van der Waals surface area contributed by atoms with Crippen LogP contribution in [0.5, 0.6) is 11.5 Å². The molecule has 1 heterocycles. The summed E-state index contributed by atoms with van der Waals surface area (Å²) in [6, 6.07) is 3.48. The van der Waals surface area contributed by atoms with Gasteiger partial charge in [0.1, 0.15) is 12.3 Å². The first-order valence-electron chi connectivity index (χ1n) is 7.37. The van der Waals surface area contributed by atoms with Crippen molar-refractivity contribution in [2.45, 2.75) is 6.92 Å². The molecule has 1 aliphatic rings. The fraction of sp³-hybridized carbons (Fsp3) is 0.294. The lowest BCUT2D eigenvalue weighted by molar-refractivity contribution is -0.122. The van der Waals surface area contributed by atoms with Crippen molar-refractivity contribution < 1.29 is 14.3 Å². The Morgan fingerprint density at radius 3 is 2.67 bits per heavy atom. The molecular weight excluding hydrogens is 348 g/mol. The Kier molecular flexibility index (Phi) is 5.85. The molecule has 0 aliphatic carbocycles. The van der Waals surface area contributed by atoms with Crippen LogP contribution in [0, 0.1) is 0 Å². The number of carbonyl (C=O) groups is 1. The van der Waals surface area contributed by atoms with Crippen molar-refractivity contribution in [1.29, 1.82) is 0 Å².